The van der Waals surface area contributed by atoms with Gasteiger partial charge in [-0.25, -0.2) is 4.79 Å². The molecule has 0 saturated heterocycles. The van der Waals surface area contributed by atoms with Crippen molar-refractivity contribution in [1.82, 2.24) is 4.57 Å². The second-order valence-corrected chi connectivity index (χ2v) is 10.4. The molecule has 0 saturated carbocycles. The molecule has 1 aromatic heterocycles. The minimum Gasteiger partial charge on any atom is -0.456 e. The van der Waals surface area contributed by atoms with Gasteiger partial charge < -0.3 is 9.30 Å². The molecule has 0 aliphatic rings. The van der Waals surface area contributed by atoms with E-state index in [4.69, 9.17) is 16.3 Å². The highest BCUT2D eigenvalue weighted by Crippen LogP contribution is 2.41. The van der Waals surface area contributed by atoms with Gasteiger partial charge in [0.25, 0.3) is 0 Å². The summed E-state index contributed by atoms with van der Waals surface area (Å²) in [6.45, 7) is 10.7. The molecule has 3 nitrogen and oxygen atoms in total. The van der Waals surface area contributed by atoms with Crippen molar-refractivity contribution in [3.63, 3.8) is 0 Å². The topological polar surface area (TPSA) is 31.2 Å². The van der Waals surface area contributed by atoms with E-state index in [2.05, 4.69) is 52.3 Å². The fourth-order valence-electron chi connectivity index (χ4n) is 3.74. The Morgan fingerprint density at radius 1 is 1.10 bits per heavy atom. The highest BCUT2D eigenvalue weighted by molar-refractivity contribution is 14.1. The van der Waals surface area contributed by atoms with E-state index in [-0.39, 0.29) is 5.97 Å². The number of benzene rings is 2. The lowest BCUT2D eigenvalue weighted by Gasteiger charge is -2.20. The van der Waals surface area contributed by atoms with Crippen LogP contribution in [0.15, 0.2) is 48.5 Å². The zero-order valence-corrected chi connectivity index (χ0v) is 21.7. The normalized spacial score (nSPS) is 11.6. The second-order valence-electron chi connectivity index (χ2n) is 8.71. The van der Waals surface area contributed by atoms with E-state index in [1.807, 2.05) is 58.0 Å². The van der Waals surface area contributed by atoms with Crippen molar-refractivity contribution in [2.45, 2.75) is 59.6 Å². The molecule has 0 amide bonds. The zero-order valence-electron chi connectivity index (χ0n) is 18.8. The van der Waals surface area contributed by atoms with Gasteiger partial charge in [-0.05, 0) is 92.1 Å². The summed E-state index contributed by atoms with van der Waals surface area (Å²) in [5.74, 6) is -0.288. The fourth-order valence-corrected chi connectivity index (χ4v) is 4.41. The molecule has 0 bridgehead atoms. The van der Waals surface area contributed by atoms with Gasteiger partial charge in [-0.1, -0.05) is 49.2 Å². The van der Waals surface area contributed by atoms with Gasteiger partial charge in [0.05, 0.1) is 11.3 Å². The van der Waals surface area contributed by atoms with Crippen LogP contribution in [0, 0.1) is 10.5 Å². The number of nitrogens with zero attached hydrogens (tertiary/aromatic N) is 1. The van der Waals surface area contributed by atoms with Gasteiger partial charge in [-0.2, -0.15) is 0 Å². The van der Waals surface area contributed by atoms with E-state index in [0.717, 1.165) is 51.0 Å². The van der Waals surface area contributed by atoms with Crippen LogP contribution in [0.4, 0.5) is 0 Å². The minimum atomic E-state index is -0.572. The maximum Gasteiger partial charge on any atom is 0.341 e. The number of carbonyl (C=O) groups excluding carboxylic acids is 1. The van der Waals surface area contributed by atoms with Crippen LogP contribution in [-0.2, 0) is 11.3 Å². The molecule has 3 rings (SSSR count). The van der Waals surface area contributed by atoms with Gasteiger partial charge in [0.2, 0.25) is 0 Å². The quantitative estimate of drug-likeness (QED) is 0.229. The third-order valence-corrected chi connectivity index (χ3v) is 6.02. The number of halogens is 2. The van der Waals surface area contributed by atoms with Crippen molar-refractivity contribution < 1.29 is 9.53 Å². The summed E-state index contributed by atoms with van der Waals surface area (Å²) in [5.41, 5.74) is 5.00. The number of esters is 1. The summed E-state index contributed by atoms with van der Waals surface area (Å²) in [6, 6.07) is 16.1. The molecule has 31 heavy (non-hydrogen) atoms. The highest BCUT2D eigenvalue weighted by atomic mass is 127. The van der Waals surface area contributed by atoms with Crippen LogP contribution in [0.25, 0.3) is 22.4 Å². The van der Waals surface area contributed by atoms with Crippen LogP contribution < -0.4 is 0 Å². The zero-order chi connectivity index (χ0) is 22.8. The molecular formula is C26H29ClINO2. The van der Waals surface area contributed by atoms with Crippen molar-refractivity contribution in [3.05, 3.63) is 68.4 Å². The smallest absolute Gasteiger partial charge is 0.341 e. The van der Waals surface area contributed by atoms with E-state index in [9.17, 15) is 4.79 Å². The van der Waals surface area contributed by atoms with Gasteiger partial charge in [-0.3, -0.25) is 0 Å². The monoisotopic (exact) mass is 549 g/mol. The summed E-state index contributed by atoms with van der Waals surface area (Å²) in [5, 5.41) is 0.690. The molecule has 2 aromatic carbocycles. The lowest BCUT2D eigenvalue weighted by Crippen LogP contribution is -2.24. The molecule has 0 fully saturated rings. The lowest BCUT2D eigenvalue weighted by atomic mass is 9.97. The summed E-state index contributed by atoms with van der Waals surface area (Å²) in [6.07, 6.45) is 2.09. The largest absolute Gasteiger partial charge is 0.456 e. The average Bonchev–Trinajstić information content (AvgIpc) is 2.98. The molecule has 0 atom stereocenters. The predicted octanol–water partition coefficient (Wildman–Crippen LogP) is 8.14. The Kier molecular flexibility index (Phi) is 7.53. The van der Waals surface area contributed by atoms with E-state index in [1.165, 1.54) is 0 Å². The Bertz CT molecular complexity index is 1080. The number of hydrogen-bond donors (Lipinski definition) is 0. The van der Waals surface area contributed by atoms with Crippen LogP contribution in [0.3, 0.4) is 0 Å². The van der Waals surface area contributed by atoms with Crippen molar-refractivity contribution in [3.8, 4) is 22.4 Å². The molecule has 0 spiro atoms. The van der Waals surface area contributed by atoms with E-state index < -0.39 is 5.60 Å². The van der Waals surface area contributed by atoms with Gasteiger partial charge >= 0.3 is 5.97 Å². The third kappa shape index (κ3) is 5.53. The highest BCUT2D eigenvalue weighted by Gasteiger charge is 2.30. The van der Waals surface area contributed by atoms with E-state index in [1.54, 1.807) is 0 Å². The first-order valence-electron chi connectivity index (χ1n) is 10.6. The van der Waals surface area contributed by atoms with Gasteiger partial charge in [0, 0.05) is 26.4 Å². The molecule has 5 heteroatoms. The second kappa shape index (κ2) is 9.78. The Morgan fingerprint density at radius 2 is 1.77 bits per heavy atom. The summed E-state index contributed by atoms with van der Waals surface area (Å²) >= 11 is 8.49. The van der Waals surface area contributed by atoms with Crippen molar-refractivity contribution >= 4 is 40.2 Å². The molecule has 0 aliphatic carbocycles. The number of aromatic nitrogens is 1. The first-order valence-corrected chi connectivity index (χ1v) is 12.1. The number of ether oxygens (including phenoxy) is 1. The predicted molar refractivity (Wildman–Crippen MR) is 138 cm³/mol. The van der Waals surface area contributed by atoms with Crippen LogP contribution >= 0.6 is 34.2 Å². The SMILES string of the molecule is CCCCn1c(C)c(C(=O)OC(C)(C)C)c(-c2cccc(I)c2)c1-c1ccc(Cl)cc1. The maximum atomic E-state index is 13.4. The van der Waals surface area contributed by atoms with Crippen molar-refractivity contribution in [2.75, 3.05) is 0 Å². The Hall–Kier alpha value is -1.79. The molecule has 0 radical (unpaired) electrons. The first-order chi connectivity index (χ1) is 14.6. The number of rotatable bonds is 6. The Balaban J connectivity index is 2.36. The lowest BCUT2D eigenvalue weighted by molar-refractivity contribution is 0.00695. The van der Waals surface area contributed by atoms with Crippen LogP contribution in [0.1, 0.15) is 56.6 Å². The van der Waals surface area contributed by atoms with E-state index >= 15 is 0 Å². The summed E-state index contributed by atoms with van der Waals surface area (Å²) in [4.78, 5) is 13.4. The average molecular weight is 550 g/mol. The standard InChI is InChI=1S/C26H29ClINO2/c1-6-7-15-29-17(2)22(25(30)31-26(3,4)5)23(19-9-8-10-21(28)16-19)24(29)18-11-13-20(27)14-12-18/h8-14,16H,6-7,15H2,1-5H3. The van der Waals surface area contributed by atoms with Crippen LogP contribution in [0.5, 0.6) is 0 Å². The molecule has 0 N–H and O–H groups in total. The molecular weight excluding hydrogens is 521 g/mol. The summed E-state index contributed by atoms with van der Waals surface area (Å²) < 4.78 is 9.23. The van der Waals surface area contributed by atoms with Gasteiger partial charge in [-0.15, -0.1) is 0 Å². The maximum absolute atomic E-state index is 13.4. The molecule has 0 aliphatic heterocycles. The third-order valence-electron chi connectivity index (χ3n) is 5.09. The Morgan fingerprint density at radius 3 is 2.35 bits per heavy atom. The fraction of sp³-hybridized carbons (Fsp3) is 0.346. The Labute approximate surface area is 203 Å². The molecule has 0 unspecified atom stereocenters. The van der Waals surface area contributed by atoms with Crippen molar-refractivity contribution in [1.29, 1.82) is 0 Å². The van der Waals surface area contributed by atoms with Crippen LogP contribution in [0.2, 0.25) is 5.02 Å². The number of carbonyl (C=O) groups is 1. The number of hydrogen-bond acceptors (Lipinski definition) is 2. The number of unbranched alkanes of at least 4 members (excludes halogenated alkanes) is 1. The summed E-state index contributed by atoms with van der Waals surface area (Å²) in [7, 11) is 0. The van der Waals surface area contributed by atoms with Gasteiger partial charge in [0.1, 0.15) is 5.60 Å². The molecule has 1 heterocycles. The first kappa shape index (κ1) is 23.9. The molecule has 3 aromatic rings. The minimum absolute atomic E-state index is 0.288. The molecule has 164 valence electrons. The van der Waals surface area contributed by atoms with Crippen molar-refractivity contribution in [2.24, 2.45) is 0 Å². The van der Waals surface area contributed by atoms with E-state index in [0.29, 0.717) is 10.6 Å². The van der Waals surface area contributed by atoms with Gasteiger partial charge in [0.15, 0.2) is 0 Å². The van der Waals surface area contributed by atoms with Crippen LogP contribution in [-0.4, -0.2) is 16.1 Å².